The predicted molar refractivity (Wildman–Crippen MR) is 71.3 cm³/mol. The topological polar surface area (TPSA) is 17.1 Å². The van der Waals surface area contributed by atoms with E-state index in [1.165, 1.54) is 17.4 Å². The summed E-state index contributed by atoms with van der Waals surface area (Å²) in [5, 5.41) is 0. The molecule has 1 nitrogen and oxygen atoms in total. The molecule has 0 N–H and O–H groups in total. The van der Waals surface area contributed by atoms with E-state index in [-0.39, 0.29) is 11.3 Å². The fraction of sp³-hybridized carbons (Fsp3) is 0.154. The molecule has 17 heavy (non-hydrogen) atoms. The van der Waals surface area contributed by atoms with Crippen molar-refractivity contribution in [3.05, 3.63) is 55.4 Å². The van der Waals surface area contributed by atoms with Gasteiger partial charge < -0.3 is 0 Å². The monoisotopic (exact) mass is 312 g/mol. The van der Waals surface area contributed by atoms with Crippen LogP contribution in [0.15, 0.2) is 28.7 Å². The third-order valence-electron chi connectivity index (χ3n) is 2.44. The number of ketones is 1. The molecule has 1 aromatic carbocycles. The Kier molecular flexibility index (Phi) is 3.45. The summed E-state index contributed by atoms with van der Waals surface area (Å²) in [5.74, 6) is -0.748. The van der Waals surface area contributed by atoms with E-state index in [0.717, 1.165) is 10.4 Å². The smallest absolute Gasteiger partial charge is 0.206 e. The zero-order chi connectivity index (χ0) is 12.6. The van der Waals surface area contributed by atoms with E-state index in [1.807, 2.05) is 19.9 Å². The quantitative estimate of drug-likeness (QED) is 0.746. The van der Waals surface area contributed by atoms with E-state index in [9.17, 15) is 9.18 Å². The van der Waals surface area contributed by atoms with E-state index in [0.29, 0.717) is 9.35 Å². The molecule has 4 heteroatoms. The van der Waals surface area contributed by atoms with Gasteiger partial charge in [0, 0.05) is 4.88 Å². The number of thiophene rings is 1. The van der Waals surface area contributed by atoms with Crippen molar-refractivity contribution in [2.75, 3.05) is 0 Å². The Morgan fingerprint density at radius 1 is 1.35 bits per heavy atom. The van der Waals surface area contributed by atoms with Gasteiger partial charge in [-0.25, -0.2) is 4.39 Å². The van der Waals surface area contributed by atoms with Crippen LogP contribution in [0.5, 0.6) is 0 Å². The summed E-state index contributed by atoms with van der Waals surface area (Å²) < 4.78 is 14.1. The summed E-state index contributed by atoms with van der Waals surface area (Å²) >= 11 is 4.49. The summed E-state index contributed by atoms with van der Waals surface area (Å²) in [4.78, 5) is 13.9. The first kappa shape index (κ1) is 12.5. The van der Waals surface area contributed by atoms with Gasteiger partial charge in [-0.05, 0) is 53.5 Å². The molecule has 88 valence electrons. The van der Waals surface area contributed by atoms with Gasteiger partial charge in [-0.3, -0.25) is 4.79 Å². The van der Waals surface area contributed by atoms with Gasteiger partial charge in [-0.2, -0.15) is 0 Å². The molecule has 2 aromatic rings. The standard InChI is InChI=1S/C13H10BrFOS/c1-7-6-8(2)17-13(7)12(16)9-4-3-5-10(14)11(9)15/h3-6H,1-2H3. The second kappa shape index (κ2) is 4.70. The second-order valence-electron chi connectivity index (χ2n) is 3.80. The fourth-order valence-corrected chi connectivity index (χ4v) is 3.01. The van der Waals surface area contributed by atoms with Crippen molar-refractivity contribution in [2.45, 2.75) is 13.8 Å². The minimum absolute atomic E-state index is 0.115. The first-order valence-electron chi connectivity index (χ1n) is 5.06. The lowest BCUT2D eigenvalue weighted by Crippen LogP contribution is -2.03. The molecule has 0 saturated carbocycles. The molecule has 1 heterocycles. The molecule has 2 rings (SSSR count). The molecule has 0 aliphatic rings. The van der Waals surface area contributed by atoms with Crippen LogP contribution in [0.3, 0.4) is 0 Å². The first-order valence-corrected chi connectivity index (χ1v) is 6.67. The second-order valence-corrected chi connectivity index (χ2v) is 5.91. The molecule has 0 saturated heterocycles. The van der Waals surface area contributed by atoms with Gasteiger partial charge in [0.15, 0.2) is 0 Å². The lowest BCUT2D eigenvalue weighted by atomic mass is 10.1. The fourth-order valence-electron chi connectivity index (χ4n) is 1.67. The van der Waals surface area contributed by atoms with E-state index in [4.69, 9.17) is 0 Å². The number of rotatable bonds is 2. The summed E-state index contributed by atoms with van der Waals surface area (Å²) in [6.45, 7) is 3.80. The summed E-state index contributed by atoms with van der Waals surface area (Å²) in [6.07, 6.45) is 0. The zero-order valence-electron chi connectivity index (χ0n) is 9.38. The van der Waals surface area contributed by atoms with Crippen LogP contribution >= 0.6 is 27.3 Å². The van der Waals surface area contributed by atoms with Crippen LogP contribution in [-0.4, -0.2) is 5.78 Å². The van der Waals surface area contributed by atoms with Crippen LogP contribution < -0.4 is 0 Å². The van der Waals surface area contributed by atoms with Crippen molar-refractivity contribution in [3.63, 3.8) is 0 Å². The van der Waals surface area contributed by atoms with Crippen LogP contribution in [0.25, 0.3) is 0 Å². The van der Waals surface area contributed by atoms with Gasteiger partial charge in [0.25, 0.3) is 0 Å². The maximum absolute atomic E-state index is 13.8. The van der Waals surface area contributed by atoms with Crippen LogP contribution in [0.1, 0.15) is 25.7 Å². The number of halogens is 2. The molecular weight excluding hydrogens is 303 g/mol. The van der Waals surface area contributed by atoms with Gasteiger partial charge in [-0.15, -0.1) is 11.3 Å². The summed E-state index contributed by atoms with van der Waals surface area (Å²) in [7, 11) is 0. The predicted octanol–water partition coefficient (Wildman–Crippen LogP) is 4.50. The number of hydrogen-bond acceptors (Lipinski definition) is 2. The van der Waals surface area contributed by atoms with E-state index < -0.39 is 5.82 Å². The first-order chi connectivity index (χ1) is 8.00. The zero-order valence-corrected chi connectivity index (χ0v) is 11.8. The highest BCUT2D eigenvalue weighted by Crippen LogP contribution is 2.27. The Morgan fingerprint density at radius 3 is 2.65 bits per heavy atom. The van der Waals surface area contributed by atoms with Crippen LogP contribution in [-0.2, 0) is 0 Å². The number of carbonyl (C=O) groups is 1. The van der Waals surface area contributed by atoms with Crippen LogP contribution in [0, 0.1) is 19.7 Å². The van der Waals surface area contributed by atoms with Crippen molar-refractivity contribution in [3.8, 4) is 0 Å². The highest BCUT2D eigenvalue weighted by atomic mass is 79.9. The molecule has 1 aromatic heterocycles. The Hall–Kier alpha value is -1.00. The molecule has 0 aliphatic carbocycles. The summed E-state index contributed by atoms with van der Waals surface area (Å²) in [5.41, 5.74) is 1.02. The van der Waals surface area contributed by atoms with Gasteiger partial charge in [-0.1, -0.05) is 6.07 Å². The number of hydrogen-bond donors (Lipinski definition) is 0. The third kappa shape index (κ3) is 2.33. The van der Waals surface area contributed by atoms with Crippen molar-refractivity contribution in [1.82, 2.24) is 0 Å². The normalized spacial score (nSPS) is 10.6. The highest BCUT2D eigenvalue weighted by molar-refractivity contribution is 9.10. The molecule has 0 aliphatic heterocycles. The lowest BCUT2D eigenvalue weighted by molar-refractivity contribution is 0.103. The molecule has 0 radical (unpaired) electrons. The van der Waals surface area contributed by atoms with Crippen molar-refractivity contribution in [1.29, 1.82) is 0 Å². The van der Waals surface area contributed by atoms with E-state index in [2.05, 4.69) is 15.9 Å². The maximum atomic E-state index is 13.8. The molecular formula is C13H10BrFOS. The Labute approximate surface area is 111 Å². The molecule has 0 amide bonds. The Morgan fingerprint density at radius 2 is 2.06 bits per heavy atom. The Bertz CT molecular complexity index is 589. The molecule has 0 atom stereocenters. The number of benzene rings is 1. The van der Waals surface area contributed by atoms with Gasteiger partial charge in [0.2, 0.25) is 5.78 Å². The van der Waals surface area contributed by atoms with Crippen molar-refractivity contribution in [2.24, 2.45) is 0 Å². The average molecular weight is 313 g/mol. The van der Waals surface area contributed by atoms with E-state index >= 15 is 0 Å². The lowest BCUT2D eigenvalue weighted by Gasteiger charge is -2.03. The third-order valence-corrected chi connectivity index (χ3v) is 4.21. The maximum Gasteiger partial charge on any atom is 0.206 e. The molecule has 0 unspecified atom stereocenters. The van der Waals surface area contributed by atoms with Gasteiger partial charge in [0.1, 0.15) is 5.82 Å². The highest BCUT2D eigenvalue weighted by Gasteiger charge is 2.19. The average Bonchev–Trinajstić information content (AvgIpc) is 2.61. The molecule has 0 bridgehead atoms. The van der Waals surface area contributed by atoms with Crippen LogP contribution in [0.2, 0.25) is 0 Å². The van der Waals surface area contributed by atoms with Crippen molar-refractivity contribution >= 4 is 33.0 Å². The van der Waals surface area contributed by atoms with Crippen LogP contribution in [0.4, 0.5) is 4.39 Å². The molecule has 0 fully saturated rings. The molecule has 0 spiro atoms. The Balaban J connectivity index is 2.51. The van der Waals surface area contributed by atoms with Gasteiger partial charge in [0.05, 0.1) is 14.9 Å². The minimum atomic E-state index is -0.497. The SMILES string of the molecule is Cc1cc(C)c(C(=O)c2cccc(Br)c2F)s1. The summed E-state index contributed by atoms with van der Waals surface area (Å²) in [6, 6.07) is 6.69. The number of aryl methyl sites for hydroxylation is 2. The van der Waals surface area contributed by atoms with E-state index in [1.54, 1.807) is 12.1 Å². The largest absolute Gasteiger partial charge is 0.288 e. The number of carbonyl (C=O) groups excluding carboxylic acids is 1. The van der Waals surface area contributed by atoms with Crippen molar-refractivity contribution < 1.29 is 9.18 Å². The minimum Gasteiger partial charge on any atom is -0.288 e. The van der Waals surface area contributed by atoms with Gasteiger partial charge >= 0.3 is 0 Å².